The van der Waals surface area contributed by atoms with Gasteiger partial charge in [-0.2, -0.15) is 0 Å². The third kappa shape index (κ3) is 4.42. The van der Waals surface area contributed by atoms with Crippen LogP contribution < -0.4 is 5.32 Å². The SMILES string of the molecule is COCc1ccc(C(=O)OCC(=O)Nc2cc(C)no2)cc1. The summed E-state index contributed by atoms with van der Waals surface area (Å²) in [4.78, 5) is 23.4. The van der Waals surface area contributed by atoms with Crippen LogP contribution in [0.25, 0.3) is 0 Å². The summed E-state index contributed by atoms with van der Waals surface area (Å²) in [6, 6.07) is 8.33. The first-order valence-electron chi connectivity index (χ1n) is 6.56. The van der Waals surface area contributed by atoms with E-state index in [1.807, 2.05) is 0 Å². The van der Waals surface area contributed by atoms with Crippen molar-refractivity contribution in [1.82, 2.24) is 5.16 Å². The lowest BCUT2D eigenvalue weighted by Crippen LogP contribution is -2.20. The second kappa shape index (κ2) is 7.37. The van der Waals surface area contributed by atoms with E-state index in [1.165, 1.54) is 0 Å². The van der Waals surface area contributed by atoms with Crippen molar-refractivity contribution in [2.45, 2.75) is 13.5 Å². The van der Waals surface area contributed by atoms with Crippen LogP contribution in [0.1, 0.15) is 21.6 Å². The highest BCUT2D eigenvalue weighted by atomic mass is 16.5. The molecule has 7 heteroatoms. The maximum Gasteiger partial charge on any atom is 0.338 e. The van der Waals surface area contributed by atoms with Crippen LogP contribution in [0.15, 0.2) is 34.9 Å². The van der Waals surface area contributed by atoms with Crippen molar-refractivity contribution in [3.8, 4) is 0 Å². The third-order valence-electron chi connectivity index (χ3n) is 2.73. The fourth-order valence-electron chi connectivity index (χ4n) is 1.71. The standard InChI is InChI=1S/C15H16N2O5/c1-10-7-14(22-17-10)16-13(18)9-21-15(19)12-5-3-11(4-6-12)8-20-2/h3-7H,8-9H2,1-2H3,(H,16,18). The van der Waals surface area contributed by atoms with E-state index >= 15 is 0 Å². The van der Waals surface area contributed by atoms with E-state index < -0.39 is 18.5 Å². The zero-order valence-corrected chi connectivity index (χ0v) is 12.3. The minimum absolute atomic E-state index is 0.211. The summed E-state index contributed by atoms with van der Waals surface area (Å²) in [5.41, 5.74) is 1.95. The van der Waals surface area contributed by atoms with Crippen molar-refractivity contribution in [3.05, 3.63) is 47.2 Å². The van der Waals surface area contributed by atoms with Crippen molar-refractivity contribution in [1.29, 1.82) is 0 Å². The van der Waals surface area contributed by atoms with E-state index in [-0.39, 0.29) is 5.88 Å². The molecule has 0 aliphatic rings. The highest BCUT2D eigenvalue weighted by Gasteiger charge is 2.11. The van der Waals surface area contributed by atoms with Crippen LogP contribution in [0.2, 0.25) is 0 Å². The molecule has 1 heterocycles. The second-order valence-electron chi connectivity index (χ2n) is 4.59. The number of benzene rings is 1. The van der Waals surface area contributed by atoms with Gasteiger partial charge in [0.25, 0.3) is 5.91 Å². The van der Waals surface area contributed by atoms with Crippen LogP contribution >= 0.6 is 0 Å². The lowest BCUT2D eigenvalue weighted by molar-refractivity contribution is -0.119. The van der Waals surface area contributed by atoms with Crippen molar-refractivity contribution in [3.63, 3.8) is 0 Å². The number of nitrogens with zero attached hydrogens (tertiary/aromatic N) is 1. The van der Waals surface area contributed by atoms with Crippen molar-refractivity contribution in [2.75, 3.05) is 19.0 Å². The molecule has 0 unspecified atom stereocenters. The summed E-state index contributed by atoms with van der Waals surface area (Å²) in [6.45, 7) is 1.79. The number of amides is 1. The van der Waals surface area contributed by atoms with Gasteiger partial charge in [-0.3, -0.25) is 10.1 Å². The Morgan fingerprint density at radius 2 is 2.00 bits per heavy atom. The molecule has 0 saturated carbocycles. The molecule has 0 aliphatic heterocycles. The summed E-state index contributed by atoms with van der Waals surface area (Å²) < 4.78 is 14.7. The van der Waals surface area contributed by atoms with E-state index in [1.54, 1.807) is 44.4 Å². The number of carbonyl (C=O) groups excluding carboxylic acids is 2. The number of esters is 1. The van der Waals surface area contributed by atoms with Gasteiger partial charge in [0, 0.05) is 13.2 Å². The van der Waals surface area contributed by atoms with Crippen molar-refractivity contribution in [2.24, 2.45) is 0 Å². The molecule has 0 saturated heterocycles. The van der Waals surface area contributed by atoms with Gasteiger partial charge in [-0.15, -0.1) is 0 Å². The van der Waals surface area contributed by atoms with Gasteiger partial charge in [-0.1, -0.05) is 17.3 Å². The number of hydrogen-bond acceptors (Lipinski definition) is 6. The minimum atomic E-state index is -0.576. The monoisotopic (exact) mass is 304 g/mol. The molecule has 7 nitrogen and oxygen atoms in total. The van der Waals surface area contributed by atoms with Gasteiger partial charge in [0.1, 0.15) is 0 Å². The number of ether oxygens (including phenoxy) is 2. The number of anilines is 1. The molecule has 0 atom stereocenters. The zero-order valence-electron chi connectivity index (χ0n) is 12.3. The molecule has 0 spiro atoms. The van der Waals surface area contributed by atoms with Crippen molar-refractivity contribution < 1.29 is 23.6 Å². The predicted molar refractivity (Wildman–Crippen MR) is 77.3 cm³/mol. The molecule has 0 fully saturated rings. The topological polar surface area (TPSA) is 90.7 Å². The summed E-state index contributed by atoms with van der Waals surface area (Å²) in [6.07, 6.45) is 0. The molecular formula is C15H16N2O5. The molecular weight excluding hydrogens is 288 g/mol. The lowest BCUT2D eigenvalue weighted by Gasteiger charge is -2.05. The molecule has 1 aromatic carbocycles. The Morgan fingerprint density at radius 3 is 2.59 bits per heavy atom. The average Bonchev–Trinajstić information content (AvgIpc) is 2.91. The van der Waals surface area contributed by atoms with Crippen LogP contribution in [0, 0.1) is 6.92 Å². The molecule has 2 rings (SSSR count). The lowest BCUT2D eigenvalue weighted by atomic mass is 10.1. The van der Waals surface area contributed by atoms with E-state index in [4.69, 9.17) is 14.0 Å². The minimum Gasteiger partial charge on any atom is -0.452 e. The highest BCUT2D eigenvalue weighted by Crippen LogP contribution is 2.09. The van der Waals surface area contributed by atoms with Crippen LogP contribution in [-0.4, -0.2) is 30.7 Å². The molecule has 2 aromatic rings. The van der Waals surface area contributed by atoms with E-state index in [9.17, 15) is 9.59 Å². The maximum absolute atomic E-state index is 11.8. The molecule has 1 N–H and O–H groups in total. The number of aryl methyl sites for hydroxylation is 1. The Labute approximate surface area is 127 Å². The van der Waals surface area contributed by atoms with Crippen LogP contribution in [-0.2, 0) is 20.9 Å². The van der Waals surface area contributed by atoms with Gasteiger partial charge in [0.15, 0.2) is 6.61 Å². The normalized spacial score (nSPS) is 10.3. The largest absolute Gasteiger partial charge is 0.452 e. The molecule has 0 bridgehead atoms. The Bertz CT molecular complexity index is 648. The fourth-order valence-corrected chi connectivity index (χ4v) is 1.71. The first-order chi connectivity index (χ1) is 10.6. The number of methoxy groups -OCH3 is 1. The van der Waals surface area contributed by atoms with E-state index in [0.29, 0.717) is 17.9 Å². The van der Waals surface area contributed by atoms with Crippen LogP contribution in [0.3, 0.4) is 0 Å². The molecule has 22 heavy (non-hydrogen) atoms. The van der Waals surface area contributed by atoms with Gasteiger partial charge in [0.05, 0.1) is 17.9 Å². The molecule has 0 radical (unpaired) electrons. The number of hydrogen-bond donors (Lipinski definition) is 1. The predicted octanol–water partition coefficient (Wildman–Crippen LogP) is 1.92. The van der Waals surface area contributed by atoms with E-state index in [0.717, 1.165) is 5.56 Å². The van der Waals surface area contributed by atoms with Crippen LogP contribution in [0.5, 0.6) is 0 Å². The molecule has 1 amide bonds. The average molecular weight is 304 g/mol. The number of rotatable bonds is 6. The van der Waals surface area contributed by atoms with Gasteiger partial charge >= 0.3 is 5.97 Å². The third-order valence-corrected chi connectivity index (χ3v) is 2.73. The Hall–Kier alpha value is -2.67. The first kappa shape index (κ1) is 15.7. The van der Waals surface area contributed by atoms with E-state index in [2.05, 4.69) is 10.5 Å². The Balaban J connectivity index is 1.82. The summed E-state index contributed by atoms with van der Waals surface area (Å²) in [5, 5.41) is 6.06. The summed E-state index contributed by atoms with van der Waals surface area (Å²) >= 11 is 0. The van der Waals surface area contributed by atoms with Gasteiger partial charge in [-0.05, 0) is 24.6 Å². The first-order valence-corrected chi connectivity index (χ1v) is 6.56. The number of carbonyl (C=O) groups is 2. The number of aromatic nitrogens is 1. The van der Waals surface area contributed by atoms with Crippen LogP contribution in [0.4, 0.5) is 5.88 Å². The summed E-state index contributed by atoms with van der Waals surface area (Å²) in [5.74, 6) is -0.865. The molecule has 1 aromatic heterocycles. The Kier molecular flexibility index (Phi) is 5.26. The molecule has 116 valence electrons. The maximum atomic E-state index is 11.8. The summed E-state index contributed by atoms with van der Waals surface area (Å²) in [7, 11) is 1.59. The van der Waals surface area contributed by atoms with Gasteiger partial charge < -0.3 is 14.0 Å². The fraction of sp³-hybridized carbons (Fsp3) is 0.267. The number of nitrogens with one attached hydrogen (secondary N) is 1. The quantitative estimate of drug-likeness (QED) is 0.820. The second-order valence-corrected chi connectivity index (χ2v) is 4.59. The van der Waals surface area contributed by atoms with Gasteiger partial charge in [0.2, 0.25) is 5.88 Å². The molecule has 0 aliphatic carbocycles. The van der Waals surface area contributed by atoms with Crippen molar-refractivity contribution >= 4 is 17.8 Å². The Morgan fingerprint density at radius 1 is 1.27 bits per heavy atom. The smallest absolute Gasteiger partial charge is 0.338 e. The highest BCUT2D eigenvalue weighted by molar-refractivity contribution is 5.94. The van der Waals surface area contributed by atoms with Gasteiger partial charge in [-0.25, -0.2) is 4.79 Å². The zero-order chi connectivity index (χ0) is 15.9.